The molecule has 1 fully saturated rings. The van der Waals surface area contributed by atoms with Crippen LogP contribution in [0.4, 0.5) is 0 Å². The minimum Gasteiger partial charge on any atom is -0.314 e. The number of Topliss-reactive ketones (excluding diaryl/α,β-unsaturated/α-hetero) is 1. The van der Waals surface area contributed by atoms with Gasteiger partial charge in [0.15, 0.2) is 0 Å². The third-order valence-electron chi connectivity index (χ3n) is 1.92. The molecular formula is C7H15N3O3S. The van der Waals surface area contributed by atoms with Crippen LogP contribution in [-0.4, -0.2) is 51.2 Å². The number of carbonyl (C=O) groups is 1. The normalized spacial score (nSPS) is 19.5. The third-order valence-corrected chi connectivity index (χ3v) is 3.47. The molecule has 6 nitrogen and oxygen atoms in total. The van der Waals surface area contributed by atoms with E-state index in [1.807, 2.05) is 0 Å². The molecule has 0 spiro atoms. The van der Waals surface area contributed by atoms with Crippen LogP contribution >= 0.6 is 0 Å². The Morgan fingerprint density at radius 2 is 2.00 bits per heavy atom. The predicted octanol–water partition coefficient (Wildman–Crippen LogP) is -1.68. The van der Waals surface area contributed by atoms with Crippen LogP contribution in [0.1, 0.15) is 6.92 Å². The van der Waals surface area contributed by atoms with E-state index in [4.69, 9.17) is 0 Å². The molecule has 0 radical (unpaired) electrons. The van der Waals surface area contributed by atoms with Crippen molar-refractivity contribution in [2.75, 3.05) is 32.7 Å². The number of carbonyl (C=O) groups excluding carboxylic acids is 1. The Bertz CT molecular complexity index is 295. The van der Waals surface area contributed by atoms with Gasteiger partial charge in [-0.25, -0.2) is 0 Å². The standard InChI is InChI=1S/C7H15N3O3S/c1-7(11)6-9-14(12,13)10-4-2-8-3-5-10/h8-9H,2-6H2,1H3. The number of hydrogen-bond acceptors (Lipinski definition) is 4. The van der Waals surface area contributed by atoms with Crippen molar-refractivity contribution in [1.82, 2.24) is 14.3 Å². The van der Waals surface area contributed by atoms with Crippen molar-refractivity contribution < 1.29 is 13.2 Å². The van der Waals surface area contributed by atoms with Crippen LogP contribution in [0.2, 0.25) is 0 Å². The summed E-state index contributed by atoms with van der Waals surface area (Å²) in [6.07, 6.45) is 0. The second kappa shape index (κ2) is 4.83. The zero-order valence-electron chi connectivity index (χ0n) is 8.12. The summed E-state index contributed by atoms with van der Waals surface area (Å²) in [5.41, 5.74) is 0. The summed E-state index contributed by atoms with van der Waals surface area (Å²) in [5, 5.41) is 3.05. The van der Waals surface area contributed by atoms with Crippen LogP contribution in [0.3, 0.4) is 0 Å². The Balaban J connectivity index is 2.50. The van der Waals surface area contributed by atoms with Gasteiger partial charge in [0.2, 0.25) is 0 Å². The lowest BCUT2D eigenvalue weighted by molar-refractivity contribution is -0.115. The van der Waals surface area contributed by atoms with Crippen molar-refractivity contribution in [2.24, 2.45) is 0 Å². The molecule has 14 heavy (non-hydrogen) atoms. The van der Waals surface area contributed by atoms with Gasteiger partial charge in [-0.15, -0.1) is 0 Å². The molecule has 0 amide bonds. The van der Waals surface area contributed by atoms with Gasteiger partial charge in [-0.3, -0.25) is 4.79 Å². The smallest absolute Gasteiger partial charge is 0.279 e. The van der Waals surface area contributed by atoms with Gasteiger partial charge in [0, 0.05) is 26.2 Å². The fourth-order valence-corrected chi connectivity index (χ4v) is 2.40. The van der Waals surface area contributed by atoms with Gasteiger partial charge in [-0.2, -0.15) is 17.4 Å². The van der Waals surface area contributed by atoms with E-state index < -0.39 is 10.2 Å². The van der Waals surface area contributed by atoms with Crippen LogP contribution < -0.4 is 10.0 Å². The molecule has 1 aliphatic heterocycles. The van der Waals surface area contributed by atoms with Gasteiger partial charge in [0.1, 0.15) is 5.78 Å². The minimum absolute atomic E-state index is 0.133. The number of rotatable bonds is 4. The van der Waals surface area contributed by atoms with Gasteiger partial charge in [0.25, 0.3) is 10.2 Å². The van der Waals surface area contributed by atoms with Gasteiger partial charge >= 0.3 is 0 Å². The van der Waals surface area contributed by atoms with Gasteiger partial charge in [-0.05, 0) is 6.92 Å². The lowest BCUT2D eigenvalue weighted by Crippen LogP contribution is -2.51. The molecule has 0 bridgehead atoms. The number of nitrogens with one attached hydrogen (secondary N) is 2. The molecule has 0 atom stereocenters. The van der Waals surface area contributed by atoms with Gasteiger partial charge in [-0.1, -0.05) is 0 Å². The number of nitrogens with zero attached hydrogens (tertiary/aromatic N) is 1. The first-order chi connectivity index (χ1) is 6.52. The van der Waals surface area contributed by atoms with Crippen LogP contribution in [0.25, 0.3) is 0 Å². The van der Waals surface area contributed by atoms with E-state index in [0.717, 1.165) is 0 Å². The average molecular weight is 221 g/mol. The zero-order valence-corrected chi connectivity index (χ0v) is 8.93. The maximum Gasteiger partial charge on any atom is 0.279 e. The molecule has 0 saturated carbocycles. The highest BCUT2D eigenvalue weighted by Gasteiger charge is 2.23. The molecule has 1 aliphatic rings. The first-order valence-electron chi connectivity index (χ1n) is 4.47. The summed E-state index contributed by atoms with van der Waals surface area (Å²) in [5.74, 6) is -0.191. The number of hydrogen-bond donors (Lipinski definition) is 2. The molecule has 0 unspecified atom stereocenters. The van der Waals surface area contributed by atoms with E-state index in [1.165, 1.54) is 11.2 Å². The maximum absolute atomic E-state index is 11.5. The monoisotopic (exact) mass is 221 g/mol. The second-order valence-corrected chi connectivity index (χ2v) is 4.93. The quantitative estimate of drug-likeness (QED) is 0.594. The van der Waals surface area contributed by atoms with Crippen LogP contribution in [-0.2, 0) is 15.0 Å². The van der Waals surface area contributed by atoms with Gasteiger partial charge in [0.05, 0.1) is 6.54 Å². The maximum atomic E-state index is 11.5. The highest BCUT2D eigenvalue weighted by Crippen LogP contribution is 1.98. The highest BCUT2D eigenvalue weighted by molar-refractivity contribution is 7.87. The molecule has 0 aromatic rings. The predicted molar refractivity (Wildman–Crippen MR) is 52.0 cm³/mol. The number of ketones is 1. The topological polar surface area (TPSA) is 78.5 Å². The summed E-state index contributed by atoms with van der Waals surface area (Å²) in [7, 11) is -3.46. The van der Waals surface area contributed by atoms with E-state index in [2.05, 4.69) is 10.0 Å². The molecule has 1 rings (SSSR count). The highest BCUT2D eigenvalue weighted by atomic mass is 32.2. The van der Waals surface area contributed by atoms with Crippen LogP contribution in [0, 0.1) is 0 Å². The lowest BCUT2D eigenvalue weighted by atomic mass is 10.4. The van der Waals surface area contributed by atoms with E-state index in [9.17, 15) is 13.2 Å². The lowest BCUT2D eigenvalue weighted by Gasteiger charge is -2.26. The summed E-state index contributed by atoms with van der Waals surface area (Å²) in [6.45, 7) is 3.43. The van der Waals surface area contributed by atoms with Crippen LogP contribution in [0.15, 0.2) is 0 Å². The van der Waals surface area contributed by atoms with E-state index >= 15 is 0 Å². The van der Waals surface area contributed by atoms with Crippen molar-refractivity contribution in [3.05, 3.63) is 0 Å². The van der Waals surface area contributed by atoms with E-state index in [-0.39, 0.29) is 12.3 Å². The van der Waals surface area contributed by atoms with Crippen molar-refractivity contribution in [3.8, 4) is 0 Å². The number of piperazine rings is 1. The first-order valence-corrected chi connectivity index (χ1v) is 5.91. The molecular weight excluding hydrogens is 206 g/mol. The molecule has 1 heterocycles. The SMILES string of the molecule is CC(=O)CNS(=O)(=O)N1CCNCC1. The Morgan fingerprint density at radius 1 is 1.43 bits per heavy atom. The molecule has 0 aliphatic carbocycles. The van der Waals surface area contributed by atoms with Crippen molar-refractivity contribution in [3.63, 3.8) is 0 Å². The summed E-state index contributed by atoms with van der Waals surface area (Å²) < 4.78 is 26.6. The zero-order chi connectivity index (χ0) is 10.6. The molecule has 82 valence electrons. The second-order valence-electron chi connectivity index (χ2n) is 3.18. The Hall–Kier alpha value is -0.500. The molecule has 0 aromatic carbocycles. The Labute approximate surface area is 83.8 Å². The fourth-order valence-electron chi connectivity index (χ4n) is 1.17. The average Bonchev–Trinajstić information content (AvgIpc) is 2.16. The van der Waals surface area contributed by atoms with Crippen LogP contribution in [0.5, 0.6) is 0 Å². The summed E-state index contributed by atoms with van der Waals surface area (Å²) in [6, 6.07) is 0. The third kappa shape index (κ3) is 3.33. The van der Waals surface area contributed by atoms with Crippen molar-refractivity contribution in [1.29, 1.82) is 0 Å². The Morgan fingerprint density at radius 3 is 2.50 bits per heavy atom. The fraction of sp³-hybridized carbons (Fsp3) is 0.857. The van der Waals surface area contributed by atoms with Crippen molar-refractivity contribution in [2.45, 2.75) is 6.92 Å². The largest absolute Gasteiger partial charge is 0.314 e. The summed E-state index contributed by atoms with van der Waals surface area (Å²) >= 11 is 0. The van der Waals surface area contributed by atoms with E-state index in [0.29, 0.717) is 26.2 Å². The molecule has 0 aromatic heterocycles. The molecule has 1 saturated heterocycles. The van der Waals surface area contributed by atoms with Crippen molar-refractivity contribution >= 4 is 16.0 Å². The minimum atomic E-state index is -3.46. The molecule has 7 heteroatoms. The Kier molecular flexibility index (Phi) is 3.99. The van der Waals surface area contributed by atoms with E-state index in [1.54, 1.807) is 0 Å². The first kappa shape index (κ1) is 11.6. The summed E-state index contributed by atoms with van der Waals surface area (Å²) in [4.78, 5) is 10.6. The van der Waals surface area contributed by atoms with Gasteiger partial charge < -0.3 is 5.32 Å². The molecule has 2 N–H and O–H groups in total.